The van der Waals surface area contributed by atoms with Gasteiger partial charge in [0.15, 0.2) is 6.10 Å². The lowest BCUT2D eigenvalue weighted by molar-refractivity contribution is -0.146. The molecule has 2 rings (SSSR count). The van der Waals surface area contributed by atoms with E-state index in [1.54, 1.807) is 30.3 Å². The second kappa shape index (κ2) is 2.73. The quantitative estimate of drug-likeness (QED) is 0.617. The van der Waals surface area contributed by atoms with Gasteiger partial charge in [-0.3, -0.25) is 0 Å². The summed E-state index contributed by atoms with van der Waals surface area (Å²) in [5.41, 5.74) is 0.588. The average molecular weight is 188 g/mol. The first kappa shape index (κ1) is 8.56. The fraction of sp³-hybridized carbons (Fsp3) is 0.333. The molecule has 0 amide bonds. The topological polar surface area (TPSA) is 12.5 Å². The van der Waals surface area contributed by atoms with E-state index in [-0.39, 0.29) is 0 Å². The summed E-state index contributed by atoms with van der Waals surface area (Å²) in [6, 6.07) is 8.43. The number of ether oxygens (including phenoxy) is 1. The molecule has 1 aliphatic heterocycles. The first-order chi connectivity index (χ1) is 6.09. The highest BCUT2D eigenvalue weighted by Crippen LogP contribution is 2.47. The van der Waals surface area contributed by atoms with Crippen molar-refractivity contribution < 1.29 is 17.9 Å². The van der Waals surface area contributed by atoms with Gasteiger partial charge in [0.05, 0.1) is 0 Å². The predicted molar refractivity (Wildman–Crippen MR) is 40.1 cm³/mol. The van der Waals surface area contributed by atoms with Gasteiger partial charge in [0.2, 0.25) is 0 Å². The van der Waals surface area contributed by atoms with E-state index in [0.29, 0.717) is 5.56 Å². The molecule has 1 heterocycles. The largest absolute Gasteiger partial charge is 0.417 e. The maximum Gasteiger partial charge on any atom is 0.417 e. The number of rotatable bonds is 1. The van der Waals surface area contributed by atoms with Crippen molar-refractivity contribution in [3.05, 3.63) is 35.9 Å². The van der Waals surface area contributed by atoms with Crippen LogP contribution in [-0.2, 0) is 4.74 Å². The molecule has 1 saturated heterocycles. The smallest absolute Gasteiger partial charge is 0.355 e. The summed E-state index contributed by atoms with van der Waals surface area (Å²) < 4.78 is 40.7. The average Bonchev–Trinajstić information content (AvgIpc) is 2.83. The zero-order chi connectivity index (χ0) is 9.47. The second-order valence-corrected chi connectivity index (χ2v) is 2.93. The summed E-state index contributed by atoms with van der Waals surface area (Å²) in [6.45, 7) is 0. The van der Waals surface area contributed by atoms with Gasteiger partial charge in [-0.1, -0.05) is 30.3 Å². The Bertz CT molecular complexity index is 293. The van der Waals surface area contributed by atoms with Crippen molar-refractivity contribution in [1.29, 1.82) is 0 Å². The van der Waals surface area contributed by atoms with Crippen LogP contribution in [0, 0.1) is 0 Å². The summed E-state index contributed by atoms with van der Waals surface area (Å²) in [5.74, 6) is 0. The van der Waals surface area contributed by atoms with E-state index in [4.69, 9.17) is 0 Å². The zero-order valence-electron chi connectivity index (χ0n) is 6.58. The number of alkyl halides is 3. The fourth-order valence-corrected chi connectivity index (χ4v) is 1.26. The maximum absolute atomic E-state index is 12.1. The summed E-state index contributed by atoms with van der Waals surface area (Å²) in [4.78, 5) is 0. The molecule has 0 aromatic heterocycles. The molecule has 0 saturated carbocycles. The summed E-state index contributed by atoms with van der Waals surface area (Å²) in [6.07, 6.45) is -6.63. The monoisotopic (exact) mass is 188 g/mol. The number of hydrogen-bond donors (Lipinski definition) is 0. The Balaban J connectivity index is 2.09. The van der Waals surface area contributed by atoms with Crippen molar-refractivity contribution >= 4 is 0 Å². The zero-order valence-corrected chi connectivity index (χ0v) is 6.58. The van der Waals surface area contributed by atoms with Crippen molar-refractivity contribution in [3.8, 4) is 0 Å². The first-order valence-electron chi connectivity index (χ1n) is 3.86. The molecule has 2 atom stereocenters. The molecule has 2 unspecified atom stereocenters. The third kappa shape index (κ3) is 1.67. The Morgan fingerprint density at radius 2 is 1.69 bits per heavy atom. The second-order valence-electron chi connectivity index (χ2n) is 2.93. The van der Waals surface area contributed by atoms with Gasteiger partial charge in [-0.05, 0) is 5.56 Å². The fourth-order valence-electron chi connectivity index (χ4n) is 1.26. The molecule has 1 aromatic rings. The minimum absolute atomic E-state index is 0.588. The van der Waals surface area contributed by atoms with Gasteiger partial charge in [0.1, 0.15) is 6.10 Å². The van der Waals surface area contributed by atoms with E-state index >= 15 is 0 Å². The lowest BCUT2D eigenvalue weighted by Gasteiger charge is -2.00. The van der Waals surface area contributed by atoms with Crippen LogP contribution in [0.25, 0.3) is 0 Å². The number of hydrogen-bond acceptors (Lipinski definition) is 1. The molecule has 0 N–H and O–H groups in total. The highest BCUT2D eigenvalue weighted by atomic mass is 19.4. The van der Waals surface area contributed by atoms with Crippen molar-refractivity contribution in [2.24, 2.45) is 0 Å². The molecular weight excluding hydrogens is 181 g/mol. The van der Waals surface area contributed by atoms with Crippen molar-refractivity contribution in [1.82, 2.24) is 0 Å². The summed E-state index contributed by atoms with van der Waals surface area (Å²) in [7, 11) is 0. The lowest BCUT2D eigenvalue weighted by atomic mass is 10.1. The molecule has 1 aromatic carbocycles. The van der Waals surface area contributed by atoms with Crippen molar-refractivity contribution in [2.75, 3.05) is 0 Å². The lowest BCUT2D eigenvalue weighted by Crippen LogP contribution is -2.16. The van der Waals surface area contributed by atoms with Crippen LogP contribution in [0.4, 0.5) is 13.2 Å². The minimum Gasteiger partial charge on any atom is -0.355 e. The van der Waals surface area contributed by atoms with E-state index in [1.807, 2.05) is 0 Å². The van der Waals surface area contributed by atoms with Gasteiger partial charge in [-0.15, -0.1) is 0 Å². The Labute approximate surface area is 73.1 Å². The minimum atomic E-state index is -4.24. The third-order valence-electron chi connectivity index (χ3n) is 1.94. The molecule has 70 valence electrons. The van der Waals surface area contributed by atoms with Crippen molar-refractivity contribution in [3.63, 3.8) is 0 Å². The number of epoxide rings is 1. The van der Waals surface area contributed by atoms with Crippen LogP contribution in [0.2, 0.25) is 0 Å². The van der Waals surface area contributed by atoms with Crippen LogP contribution in [0.3, 0.4) is 0 Å². The molecule has 1 fully saturated rings. The van der Waals surface area contributed by atoms with Crippen molar-refractivity contribution in [2.45, 2.75) is 18.4 Å². The molecule has 0 radical (unpaired) electrons. The van der Waals surface area contributed by atoms with Crippen LogP contribution in [-0.4, -0.2) is 12.3 Å². The number of halogens is 3. The molecule has 1 nitrogen and oxygen atoms in total. The third-order valence-corrected chi connectivity index (χ3v) is 1.94. The Morgan fingerprint density at radius 3 is 2.15 bits per heavy atom. The Morgan fingerprint density at radius 1 is 1.08 bits per heavy atom. The van der Waals surface area contributed by atoms with E-state index in [1.165, 1.54) is 0 Å². The molecule has 0 bridgehead atoms. The van der Waals surface area contributed by atoms with Gasteiger partial charge < -0.3 is 4.74 Å². The van der Waals surface area contributed by atoms with Gasteiger partial charge in [-0.25, -0.2) is 0 Å². The molecule has 0 spiro atoms. The normalized spacial score (nSPS) is 27.3. The standard InChI is InChI=1S/C9H7F3O/c10-9(11,12)8-7(13-8)6-4-2-1-3-5-6/h1-5,7-8H. The molecule has 0 aliphatic carbocycles. The van der Waals surface area contributed by atoms with Gasteiger partial charge in [-0.2, -0.15) is 13.2 Å². The van der Waals surface area contributed by atoms with Crippen LogP contribution in [0.1, 0.15) is 11.7 Å². The molecule has 13 heavy (non-hydrogen) atoms. The van der Waals surface area contributed by atoms with Gasteiger partial charge in [0, 0.05) is 0 Å². The van der Waals surface area contributed by atoms with Crippen LogP contribution in [0.5, 0.6) is 0 Å². The predicted octanol–water partition coefficient (Wildman–Crippen LogP) is 2.69. The molecule has 1 aliphatic rings. The highest BCUT2D eigenvalue weighted by molar-refractivity contribution is 5.22. The Kier molecular flexibility index (Phi) is 1.80. The number of benzene rings is 1. The highest BCUT2D eigenvalue weighted by Gasteiger charge is 2.58. The molecule has 4 heteroatoms. The Hall–Kier alpha value is -1.03. The maximum atomic E-state index is 12.1. The van der Waals surface area contributed by atoms with E-state index in [9.17, 15) is 13.2 Å². The molecular formula is C9H7F3O. The van der Waals surface area contributed by atoms with Gasteiger partial charge in [0.25, 0.3) is 0 Å². The van der Waals surface area contributed by atoms with Crippen LogP contribution in [0.15, 0.2) is 30.3 Å². The van der Waals surface area contributed by atoms with Gasteiger partial charge >= 0.3 is 6.18 Å². The first-order valence-corrected chi connectivity index (χ1v) is 3.86. The summed E-state index contributed by atoms with van der Waals surface area (Å²) in [5, 5.41) is 0. The van der Waals surface area contributed by atoms with Crippen LogP contribution >= 0.6 is 0 Å². The SMILES string of the molecule is FC(F)(F)C1OC1c1ccccc1. The van der Waals surface area contributed by atoms with E-state index < -0.39 is 18.4 Å². The van der Waals surface area contributed by atoms with Crippen LogP contribution < -0.4 is 0 Å². The van der Waals surface area contributed by atoms with E-state index in [2.05, 4.69) is 4.74 Å². The van der Waals surface area contributed by atoms with E-state index in [0.717, 1.165) is 0 Å². The summed E-state index contributed by atoms with van der Waals surface area (Å²) >= 11 is 0.